The molecule has 31 heavy (non-hydrogen) atoms. The van der Waals surface area contributed by atoms with Crippen LogP contribution in [0.4, 0.5) is 17.2 Å². The second kappa shape index (κ2) is 9.22. The summed E-state index contributed by atoms with van der Waals surface area (Å²) in [6.45, 7) is -0.520. The van der Waals surface area contributed by atoms with E-state index < -0.39 is 33.3 Å². The van der Waals surface area contributed by atoms with Crippen molar-refractivity contribution < 1.29 is 22.9 Å². The maximum Gasteiger partial charge on any atom is 0.406 e. The van der Waals surface area contributed by atoms with Gasteiger partial charge in [0.25, 0.3) is 15.9 Å². The number of nitro groups is 1. The molecule has 1 heterocycles. The molecule has 0 aliphatic heterocycles. The Labute approximate surface area is 178 Å². The summed E-state index contributed by atoms with van der Waals surface area (Å²) in [7, 11) is -2.42. The molecule has 0 atom stereocenters. The lowest BCUT2D eigenvalue weighted by atomic mass is 10.3. The maximum absolute atomic E-state index is 12.9. The molecule has 11 heteroatoms. The minimum atomic E-state index is -3.85. The van der Waals surface area contributed by atoms with E-state index in [1.54, 1.807) is 30.3 Å². The molecule has 0 spiro atoms. The summed E-state index contributed by atoms with van der Waals surface area (Å²) in [5.41, 5.74) is 0.722. The Kier molecular flexibility index (Phi) is 6.46. The highest BCUT2D eigenvalue weighted by Crippen LogP contribution is 2.24. The van der Waals surface area contributed by atoms with E-state index in [0.717, 1.165) is 4.31 Å². The molecule has 10 nitrogen and oxygen atoms in total. The van der Waals surface area contributed by atoms with Crippen molar-refractivity contribution in [2.45, 2.75) is 4.90 Å². The summed E-state index contributed by atoms with van der Waals surface area (Å²) in [4.78, 5) is 26.0. The van der Waals surface area contributed by atoms with Crippen molar-refractivity contribution in [3.05, 3.63) is 83.0 Å². The fraction of sp³-hybridized carbons (Fsp3) is 0.100. The zero-order valence-electron chi connectivity index (χ0n) is 16.3. The van der Waals surface area contributed by atoms with Gasteiger partial charge in [-0.05, 0) is 52.4 Å². The molecule has 0 aliphatic carbocycles. The van der Waals surface area contributed by atoms with Gasteiger partial charge in [-0.1, -0.05) is 24.3 Å². The number of pyridine rings is 1. The number of benzene rings is 2. The minimum absolute atomic E-state index is 0.0135. The van der Waals surface area contributed by atoms with Crippen LogP contribution in [0.25, 0.3) is 0 Å². The fourth-order valence-corrected chi connectivity index (χ4v) is 3.88. The molecule has 160 valence electrons. The normalized spacial score (nSPS) is 10.9. The fourth-order valence-electron chi connectivity index (χ4n) is 2.64. The third-order valence-corrected chi connectivity index (χ3v) is 5.96. The van der Waals surface area contributed by atoms with E-state index in [-0.39, 0.29) is 16.3 Å². The number of ether oxygens (including phenoxy) is 1. The Balaban J connectivity index is 1.71. The van der Waals surface area contributed by atoms with Crippen LogP contribution >= 0.6 is 0 Å². The Hall–Kier alpha value is -3.99. The Morgan fingerprint density at radius 3 is 2.58 bits per heavy atom. The van der Waals surface area contributed by atoms with Crippen LogP contribution in [-0.2, 0) is 14.8 Å². The third kappa shape index (κ3) is 5.14. The molecule has 0 saturated heterocycles. The molecule has 0 unspecified atom stereocenters. The lowest BCUT2D eigenvalue weighted by Gasteiger charge is -2.19. The number of nitrogens with zero attached hydrogens (tertiary/aromatic N) is 3. The Morgan fingerprint density at radius 2 is 1.87 bits per heavy atom. The number of para-hydroxylation sites is 1. The molecule has 0 saturated carbocycles. The number of carbonyl (C=O) groups excluding carboxylic acids is 1. The number of aromatic nitrogens is 1. The zero-order chi connectivity index (χ0) is 22.4. The van der Waals surface area contributed by atoms with Crippen LogP contribution in [0.2, 0.25) is 0 Å². The van der Waals surface area contributed by atoms with Crippen LogP contribution in [-0.4, -0.2) is 37.9 Å². The molecule has 3 aromatic rings. The van der Waals surface area contributed by atoms with Crippen molar-refractivity contribution in [3.8, 4) is 5.75 Å². The van der Waals surface area contributed by atoms with E-state index in [1.165, 1.54) is 49.6 Å². The number of anilines is 2. The lowest BCUT2D eigenvalue weighted by Crippen LogP contribution is -2.26. The predicted molar refractivity (Wildman–Crippen MR) is 113 cm³/mol. The lowest BCUT2D eigenvalue weighted by molar-refractivity contribution is -0.390. The van der Waals surface area contributed by atoms with Gasteiger partial charge in [-0.3, -0.25) is 9.10 Å². The summed E-state index contributed by atoms with van der Waals surface area (Å²) < 4.78 is 32.1. The largest absolute Gasteiger partial charge is 0.476 e. The molecule has 1 aromatic heterocycles. The molecular formula is C20H18N4O6S. The molecule has 0 bridgehead atoms. The van der Waals surface area contributed by atoms with Gasteiger partial charge < -0.3 is 20.2 Å². The summed E-state index contributed by atoms with van der Waals surface area (Å²) in [5, 5.41) is 13.5. The van der Waals surface area contributed by atoms with E-state index in [9.17, 15) is 23.3 Å². The number of nitrogens with one attached hydrogen (secondary N) is 1. The summed E-state index contributed by atoms with van der Waals surface area (Å²) >= 11 is 0. The molecular weight excluding hydrogens is 424 g/mol. The first-order valence-corrected chi connectivity index (χ1v) is 10.4. The molecule has 1 amide bonds. The average Bonchev–Trinajstić information content (AvgIpc) is 2.78. The summed E-state index contributed by atoms with van der Waals surface area (Å²) in [6, 6.07) is 17.1. The van der Waals surface area contributed by atoms with Crippen molar-refractivity contribution in [1.29, 1.82) is 0 Å². The number of hydrogen-bond acceptors (Lipinski definition) is 7. The molecule has 0 radical (unpaired) electrons. The van der Waals surface area contributed by atoms with Crippen LogP contribution in [0, 0.1) is 10.1 Å². The van der Waals surface area contributed by atoms with Crippen LogP contribution in [0.1, 0.15) is 0 Å². The van der Waals surface area contributed by atoms with Gasteiger partial charge in [-0.15, -0.1) is 0 Å². The highest BCUT2D eigenvalue weighted by atomic mass is 32.2. The van der Waals surface area contributed by atoms with Crippen LogP contribution in [0.15, 0.2) is 77.8 Å². The van der Waals surface area contributed by atoms with Gasteiger partial charge in [0.05, 0.1) is 10.6 Å². The SMILES string of the molecule is CN(c1ccccc1)S(=O)(=O)c1cccc(NC(=O)COc2cccnc2[N+](=O)[O-])c1. The summed E-state index contributed by atoms with van der Waals surface area (Å²) in [5.74, 6) is -1.28. The molecule has 0 aliphatic rings. The number of hydrogen-bond donors (Lipinski definition) is 1. The highest BCUT2D eigenvalue weighted by molar-refractivity contribution is 7.92. The molecule has 0 fully saturated rings. The van der Waals surface area contributed by atoms with Gasteiger partial charge in [-0.25, -0.2) is 8.42 Å². The third-order valence-electron chi connectivity index (χ3n) is 4.18. The Morgan fingerprint density at radius 1 is 1.13 bits per heavy atom. The van der Waals surface area contributed by atoms with Crippen molar-refractivity contribution in [2.24, 2.45) is 0 Å². The Bertz CT molecular complexity index is 1200. The zero-order valence-corrected chi connectivity index (χ0v) is 17.2. The first kappa shape index (κ1) is 21.7. The first-order valence-electron chi connectivity index (χ1n) is 8.95. The summed E-state index contributed by atoms with van der Waals surface area (Å²) in [6.07, 6.45) is 1.24. The van der Waals surface area contributed by atoms with Crippen molar-refractivity contribution >= 4 is 33.1 Å². The van der Waals surface area contributed by atoms with Gasteiger partial charge in [0.1, 0.15) is 6.20 Å². The first-order chi connectivity index (χ1) is 14.8. The number of carbonyl (C=O) groups is 1. The van der Waals surface area contributed by atoms with E-state index in [2.05, 4.69) is 10.3 Å². The average molecular weight is 442 g/mol. The van der Waals surface area contributed by atoms with E-state index in [4.69, 9.17) is 4.74 Å². The van der Waals surface area contributed by atoms with Gasteiger partial charge in [0.15, 0.2) is 6.61 Å². The van der Waals surface area contributed by atoms with Crippen LogP contribution in [0.5, 0.6) is 5.75 Å². The molecule has 2 aromatic carbocycles. The quantitative estimate of drug-likeness (QED) is 0.419. The number of sulfonamides is 1. The standard InChI is InChI=1S/C20H18N4O6S/c1-23(16-8-3-2-4-9-16)31(28,29)17-10-5-7-15(13-17)22-19(25)14-30-18-11-6-12-21-20(18)24(26)27/h2-13H,14H2,1H3,(H,22,25). The van der Waals surface area contributed by atoms with Crippen molar-refractivity contribution in [1.82, 2.24) is 4.98 Å². The van der Waals surface area contributed by atoms with Gasteiger partial charge in [-0.2, -0.15) is 0 Å². The van der Waals surface area contributed by atoms with Crippen LogP contribution < -0.4 is 14.4 Å². The van der Waals surface area contributed by atoms with Crippen molar-refractivity contribution in [3.63, 3.8) is 0 Å². The second-order valence-electron chi connectivity index (χ2n) is 6.26. The van der Waals surface area contributed by atoms with E-state index in [0.29, 0.717) is 5.69 Å². The van der Waals surface area contributed by atoms with Gasteiger partial charge in [0.2, 0.25) is 5.75 Å². The maximum atomic E-state index is 12.9. The topological polar surface area (TPSA) is 132 Å². The minimum Gasteiger partial charge on any atom is -0.476 e. The number of amides is 1. The van der Waals surface area contributed by atoms with Gasteiger partial charge in [0, 0.05) is 12.7 Å². The predicted octanol–water partition coefficient (Wildman–Crippen LogP) is 2.83. The molecule has 1 N–H and O–H groups in total. The highest BCUT2D eigenvalue weighted by Gasteiger charge is 2.22. The van der Waals surface area contributed by atoms with E-state index >= 15 is 0 Å². The smallest absolute Gasteiger partial charge is 0.406 e. The molecule has 3 rings (SSSR count). The monoisotopic (exact) mass is 442 g/mol. The van der Waals surface area contributed by atoms with E-state index in [1.807, 2.05) is 0 Å². The van der Waals surface area contributed by atoms with Crippen LogP contribution in [0.3, 0.4) is 0 Å². The van der Waals surface area contributed by atoms with Gasteiger partial charge >= 0.3 is 5.82 Å². The van der Waals surface area contributed by atoms with Crippen molar-refractivity contribution in [2.75, 3.05) is 23.3 Å². The number of rotatable bonds is 8. The second-order valence-corrected chi connectivity index (χ2v) is 8.22.